The van der Waals surface area contributed by atoms with Gasteiger partial charge in [-0.1, -0.05) is 37.3 Å². The van der Waals surface area contributed by atoms with Crippen LogP contribution in [0.4, 0.5) is 0 Å². The van der Waals surface area contributed by atoms with Gasteiger partial charge in [0.2, 0.25) is 0 Å². The Morgan fingerprint density at radius 3 is 2.53 bits per heavy atom. The lowest BCUT2D eigenvalue weighted by atomic mass is 10.1. The highest BCUT2D eigenvalue weighted by molar-refractivity contribution is 5.15. The van der Waals surface area contributed by atoms with Crippen LogP contribution >= 0.6 is 0 Å². The molecule has 0 amide bonds. The van der Waals surface area contributed by atoms with Gasteiger partial charge in [-0.3, -0.25) is 0 Å². The highest BCUT2D eigenvalue weighted by Crippen LogP contribution is 2.02. The summed E-state index contributed by atoms with van der Waals surface area (Å²) in [7, 11) is 2.13. The molecule has 84 valence electrons. The summed E-state index contributed by atoms with van der Waals surface area (Å²) < 4.78 is 0. The lowest BCUT2D eigenvalue weighted by molar-refractivity contribution is 0.310. The fourth-order valence-electron chi connectivity index (χ4n) is 1.85. The zero-order valence-electron chi connectivity index (χ0n) is 9.82. The van der Waals surface area contributed by atoms with Crippen LogP contribution in [0.5, 0.6) is 0 Å². The van der Waals surface area contributed by atoms with Crippen LogP contribution in [0.3, 0.4) is 0 Å². The van der Waals surface area contributed by atoms with Crippen LogP contribution in [0.1, 0.15) is 18.9 Å². The second kappa shape index (κ2) is 6.59. The highest BCUT2D eigenvalue weighted by Gasteiger charge is 2.06. The predicted molar refractivity (Wildman–Crippen MR) is 65.9 cm³/mol. The third-order valence-corrected chi connectivity index (χ3v) is 2.49. The van der Waals surface area contributed by atoms with Gasteiger partial charge in [0.05, 0.1) is 0 Å². The summed E-state index contributed by atoms with van der Waals surface area (Å²) in [5, 5.41) is 0. The SMILES string of the molecule is CCCN(C)C[C@H](N)Cc1ccccc1. The van der Waals surface area contributed by atoms with E-state index in [4.69, 9.17) is 5.73 Å². The molecule has 0 aliphatic heterocycles. The van der Waals surface area contributed by atoms with E-state index in [1.54, 1.807) is 0 Å². The lowest BCUT2D eigenvalue weighted by Gasteiger charge is -2.20. The molecule has 0 aromatic heterocycles. The van der Waals surface area contributed by atoms with Crippen molar-refractivity contribution < 1.29 is 0 Å². The molecule has 2 heteroatoms. The maximum Gasteiger partial charge on any atom is 0.0208 e. The average Bonchev–Trinajstić information content (AvgIpc) is 2.19. The minimum atomic E-state index is 0.240. The largest absolute Gasteiger partial charge is 0.326 e. The maximum atomic E-state index is 6.10. The van der Waals surface area contributed by atoms with Gasteiger partial charge in [-0.25, -0.2) is 0 Å². The summed E-state index contributed by atoms with van der Waals surface area (Å²) in [4.78, 5) is 2.30. The minimum Gasteiger partial charge on any atom is -0.326 e. The van der Waals surface area contributed by atoms with Crippen LogP contribution in [-0.2, 0) is 6.42 Å². The number of likely N-dealkylation sites (N-methyl/N-ethyl adjacent to an activating group) is 1. The fourth-order valence-corrected chi connectivity index (χ4v) is 1.85. The van der Waals surface area contributed by atoms with E-state index in [2.05, 4.69) is 43.1 Å². The van der Waals surface area contributed by atoms with Crippen LogP contribution in [0.25, 0.3) is 0 Å². The molecule has 0 unspecified atom stereocenters. The molecule has 1 aromatic carbocycles. The Morgan fingerprint density at radius 1 is 1.27 bits per heavy atom. The molecule has 0 saturated heterocycles. The normalized spacial score (nSPS) is 13.1. The highest BCUT2D eigenvalue weighted by atomic mass is 15.1. The third kappa shape index (κ3) is 4.96. The summed E-state index contributed by atoms with van der Waals surface area (Å²) in [6.07, 6.45) is 2.16. The summed E-state index contributed by atoms with van der Waals surface area (Å²) in [5.41, 5.74) is 7.42. The van der Waals surface area contributed by atoms with Crippen molar-refractivity contribution in [2.24, 2.45) is 5.73 Å². The number of nitrogens with two attached hydrogens (primary N) is 1. The van der Waals surface area contributed by atoms with Gasteiger partial charge < -0.3 is 10.6 Å². The Kier molecular flexibility index (Phi) is 5.37. The van der Waals surface area contributed by atoms with Crippen LogP contribution < -0.4 is 5.73 Å². The topological polar surface area (TPSA) is 29.3 Å². The Balaban J connectivity index is 2.33. The zero-order valence-corrected chi connectivity index (χ0v) is 9.82. The van der Waals surface area contributed by atoms with Crippen LogP contribution in [-0.4, -0.2) is 31.1 Å². The first kappa shape index (κ1) is 12.2. The summed E-state index contributed by atoms with van der Waals surface area (Å²) in [6.45, 7) is 4.30. The zero-order chi connectivity index (χ0) is 11.1. The summed E-state index contributed by atoms with van der Waals surface area (Å²) in [6, 6.07) is 10.7. The molecule has 1 rings (SSSR count). The lowest BCUT2D eigenvalue weighted by Crippen LogP contribution is -2.37. The molecule has 2 N–H and O–H groups in total. The molecule has 0 bridgehead atoms. The number of hydrogen-bond acceptors (Lipinski definition) is 2. The van der Waals surface area contributed by atoms with Crippen molar-refractivity contribution in [2.45, 2.75) is 25.8 Å². The molecule has 0 radical (unpaired) electrons. The molecular weight excluding hydrogens is 184 g/mol. The number of nitrogens with zero attached hydrogens (tertiary/aromatic N) is 1. The fraction of sp³-hybridized carbons (Fsp3) is 0.538. The molecule has 0 spiro atoms. The number of hydrogen-bond donors (Lipinski definition) is 1. The smallest absolute Gasteiger partial charge is 0.0208 e. The number of rotatable bonds is 6. The van der Waals surface area contributed by atoms with Crippen LogP contribution in [0, 0.1) is 0 Å². The van der Waals surface area contributed by atoms with Gasteiger partial charge in [0.25, 0.3) is 0 Å². The molecule has 15 heavy (non-hydrogen) atoms. The average molecular weight is 206 g/mol. The van der Waals surface area contributed by atoms with Crippen molar-refractivity contribution in [1.82, 2.24) is 4.90 Å². The van der Waals surface area contributed by atoms with Crippen molar-refractivity contribution in [1.29, 1.82) is 0 Å². The molecule has 0 aliphatic rings. The van der Waals surface area contributed by atoms with E-state index < -0.39 is 0 Å². The third-order valence-electron chi connectivity index (χ3n) is 2.49. The van der Waals surface area contributed by atoms with Crippen molar-refractivity contribution in [3.8, 4) is 0 Å². The van der Waals surface area contributed by atoms with E-state index in [0.717, 1.165) is 19.5 Å². The van der Waals surface area contributed by atoms with E-state index in [0.29, 0.717) is 0 Å². The summed E-state index contributed by atoms with van der Waals surface area (Å²) >= 11 is 0. The Bertz CT molecular complexity index is 258. The molecule has 1 aromatic rings. The van der Waals surface area contributed by atoms with Gasteiger partial charge in [-0.05, 0) is 32.0 Å². The van der Waals surface area contributed by atoms with Crippen molar-refractivity contribution >= 4 is 0 Å². The van der Waals surface area contributed by atoms with E-state index in [-0.39, 0.29) is 6.04 Å². The van der Waals surface area contributed by atoms with Gasteiger partial charge in [-0.15, -0.1) is 0 Å². The standard InChI is InChI=1S/C13H22N2/c1-3-9-15(2)11-13(14)10-12-7-5-4-6-8-12/h4-8,13H,3,9-11,14H2,1-2H3/t13-/m1/s1. The monoisotopic (exact) mass is 206 g/mol. The quantitative estimate of drug-likeness (QED) is 0.770. The first-order valence-electron chi connectivity index (χ1n) is 5.70. The van der Waals surface area contributed by atoms with E-state index in [9.17, 15) is 0 Å². The van der Waals surface area contributed by atoms with Crippen LogP contribution in [0.2, 0.25) is 0 Å². The van der Waals surface area contributed by atoms with Crippen LogP contribution in [0.15, 0.2) is 30.3 Å². The molecule has 0 heterocycles. The van der Waals surface area contributed by atoms with E-state index in [1.165, 1.54) is 12.0 Å². The van der Waals surface area contributed by atoms with Gasteiger partial charge >= 0.3 is 0 Å². The molecule has 1 atom stereocenters. The van der Waals surface area contributed by atoms with Crippen molar-refractivity contribution in [2.75, 3.05) is 20.1 Å². The minimum absolute atomic E-state index is 0.240. The van der Waals surface area contributed by atoms with Gasteiger partial charge in [0.15, 0.2) is 0 Å². The van der Waals surface area contributed by atoms with Gasteiger partial charge in [0, 0.05) is 12.6 Å². The molecule has 0 saturated carbocycles. The Labute approximate surface area is 93.1 Å². The summed E-state index contributed by atoms with van der Waals surface area (Å²) in [5.74, 6) is 0. The Morgan fingerprint density at radius 2 is 1.93 bits per heavy atom. The molecule has 0 aliphatic carbocycles. The molecule has 2 nitrogen and oxygen atoms in total. The predicted octanol–water partition coefficient (Wildman–Crippen LogP) is 1.90. The first-order valence-corrected chi connectivity index (χ1v) is 5.70. The first-order chi connectivity index (χ1) is 7.22. The van der Waals surface area contributed by atoms with Crippen molar-refractivity contribution in [3.63, 3.8) is 0 Å². The van der Waals surface area contributed by atoms with Gasteiger partial charge in [0.1, 0.15) is 0 Å². The molecule has 0 fully saturated rings. The maximum absolute atomic E-state index is 6.10. The van der Waals surface area contributed by atoms with Crippen molar-refractivity contribution in [3.05, 3.63) is 35.9 Å². The second-order valence-corrected chi connectivity index (χ2v) is 4.21. The Hall–Kier alpha value is -0.860. The van der Waals surface area contributed by atoms with E-state index >= 15 is 0 Å². The molecular formula is C13H22N2. The second-order valence-electron chi connectivity index (χ2n) is 4.21. The van der Waals surface area contributed by atoms with Gasteiger partial charge in [-0.2, -0.15) is 0 Å². The number of benzene rings is 1. The van der Waals surface area contributed by atoms with E-state index in [1.807, 2.05) is 6.07 Å².